The summed E-state index contributed by atoms with van der Waals surface area (Å²) in [6.07, 6.45) is 0. The Bertz CT molecular complexity index is 3170. The van der Waals surface area contributed by atoms with Gasteiger partial charge in [-0.05, 0) is 71.8 Å². The summed E-state index contributed by atoms with van der Waals surface area (Å²) in [7, 11) is 0. The van der Waals surface area contributed by atoms with Crippen LogP contribution in [-0.2, 0) is 0 Å². The van der Waals surface area contributed by atoms with Crippen molar-refractivity contribution < 1.29 is 4.42 Å². The zero-order valence-electron chi connectivity index (χ0n) is 30.6. The summed E-state index contributed by atoms with van der Waals surface area (Å²) in [6, 6.07) is 67.5. The van der Waals surface area contributed by atoms with E-state index in [4.69, 9.17) is 19.4 Å². The van der Waals surface area contributed by atoms with Crippen LogP contribution < -0.4 is 4.90 Å². The molecular weight excluding hydrogens is 717 g/mol. The van der Waals surface area contributed by atoms with Gasteiger partial charge in [-0.3, -0.25) is 0 Å². The molecular formula is C51H32N4OS. The summed E-state index contributed by atoms with van der Waals surface area (Å²) >= 11 is 1.84. The fraction of sp³-hybridized carbons (Fsp3) is 0. The first-order chi connectivity index (χ1) is 28.2. The van der Waals surface area contributed by atoms with Crippen LogP contribution in [0.5, 0.6) is 0 Å². The number of furan rings is 1. The van der Waals surface area contributed by atoms with E-state index in [-0.39, 0.29) is 0 Å². The van der Waals surface area contributed by atoms with Crippen molar-refractivity contribution in [1.29, 1.82) is 0 Å². The Morgan fingerprint density at radius 2 is 0.930 bits per heavy atom. The normalized spacial score (nSPS) is 11.5. The molecule has 6 heteroatoms. The van der Waals surface area contributed by atoms with Crippen molar-refractivity contribution in [2.75, 3.05) is 4.90 Å². The highest BCUT2D eigenvalue weighted by molar-refractivity contribution is 7.25. The van der Waals surface area contributed by atoms with E-state index >= 15 is 0 Å². The number of anilines is 3. The Kier molecular flexibility index (Phi) is 7.93. The van der Waals surface area contributed by atoms with Crippen LogP contribution >= 0.6 is 11.3 Å². The molecule has 0 aliphatic rings. The molecule has 11 rings (SSSR count). The molecule has 268 valence electrons. The second-order valence-electron chi connectivity index (χ2n) is 14.0. The van der Waals surface area contributed by atoms with E-state index in [0.29, 0.717) is 17.5 Å². The lowest BCUT2D eigenvalue weighted by Gasteiger charge is -2.25. The standard InChI is InChI=1S/C51H32N4OS/c1-4-13-34(14-5-1)49-52-50(35-15-6-2-7-16-35)54-51(53-49)36-25-29-43-45(31-36)56-44-21-12-20-40(48(43)44)33-23-26-38(27-24-33)55(37-17-8-3-9-18-37)39-28-30-42-41-19-10-11-22-46(41)57-47(42)32-39/h1-32H. The van der Waals surface area contributed by atoms with Gasteiger partial charge in [-0.15, -0.1) is 11.3 Å². The third kappa shape index (κ3) is 5.91. The largest absolute Gasteiger partial charge is 0.456 e. The van der Waals surface area contributed by atoms with Crippen molar-refractivity contribution in [2.45, 2.75) is 0 Å². The van der Waals surface area contributed by atoms with Crippen molar-refractivity contribution in [3.05, 3.63) is 194 Å². The van der Waals surface area contributed by atoms with Crippen molar-refractivity contribution in [1.82, 2.24) is 15.0 Å². The summed E-state index contributed by atoms with van der Waals surface area (Å²) in [5.74, 6) is 1.85. The number of para-hydroxylation sites is 1. The number of aromatic nitrogens is 3. The maximum atomic E-state index is 6.56. The Morgan fingerprint density at radius 3 is 1.65 bits per heavy atom. The van der Waals surface area contributed by atoms with Gasteiger partial charge < -0.3 is 9.32 Å². The maximum absolute atomic E-state index is 6.56. The van der Waals surface area contributed by atoms with Gasteiger partial charge in [0, 0.05) is 64.7 Å². The van der Waals surface area contributed by atoms with Crippen molar-refractivity contribution >= 4 is 70.5 Å². The van der Waals surface area contributed by atoms with Gasteiger partial charge in [-0.25, -0.2) is 15.0 Å². The molecule has 3 heterocycles. The Morgan fingerprint density at radius 1 is 0.368 bits per heavy atom. The average Bonchev–Trinajstić information content (AvgIpc) is 3.85. The van der Waals surface area contributed by atoms with Crippen LogP contribution in [0, 0.1) is 0 Å². The van der Waals surface area contributed by atoms with Crippen molar-refractivity contribution in [2.24, 2.45) is 0 Å². The second-order valence-corrected chi connectivity index (χ2v) is 15.1. The van der Waals surface area contributed by atoms with Gasteiger partial charge in [0.1, 0.15) is 11.2 Å². The summed E-state index contributed by atoms with van der Waals surface area (Å²) in [4.78, 5) is 17.1. The molecule has 0 aliphatic carbocycles. The first-order valence-corrected chi connectivity index (χ1v) is 19.7. The molecule has 0 fully saturated rings. The molecule has 0 saturated carbocycles. The van der Waals surface area contributed by atoms with Crippen LogP contribution in [-0.4, -0.2) is 15.0 Å². The number of hydrogen-bond acceptors (Lipinski definition) is 6. The molecule has 0 amide bonds. The SMILES string of the molecule is c1ccc(-c2nc(-c3ccccc3)nc(-c3ccc4c(c3)oc3cccc(-c5ccc(N(c6ccccc6)c6ccc7c(c6)sc6ccccc67)cc5)c34)n2)cc1. The van der Waals surface area contributed by atoms with Crippen molar-refractivity contribution in [3.8, 4) is 45.3 Å². The van der Waals surface area contributed by atoms with Crippen LogP contribution in [0.2, 0.25) is 0 Å². The molecule has 5 nitrogen and oxygen atoms in total. The Balaban J connectivity index is 0.981. The van der Waals surface area contributed by atoms with Gasteiger partial charge in [-0.1, -0.05) is 133 Å². The van der Waals surface area contributed by atoms with Crippen LogP contribution in [0.15, 0.2) is 199 Å². The quantitative estimate of drug-likeness (QED) is 0.162. The van der Waals surface area contributed by atoms with E-state index in [2.05, 4.69) is 126 Å². The minimum Gasteiger partial charge on any atom is -0.456 e. The molecule has 0 bridgehead atoms. The molecule has 8 aromatic carbocycles. The lowest BCUT2D eigenvalue weighted by molar-refractivity contribution is 0.669. The average molecular weight is 749 g/mol. The fourth-order valence-electron chi connectivity index (χ4n) is 7.81. The smallest absolute Gasteiger partial charge is 0.164 e. The van der Waals surface area contributed by atoms with Gasteiger partial charge >= 0.3 is 0 Å². The third-order valence-electron chi connectivity index (χ3n) is 10.5. The third-order valence-corrected chi connectivity index (χ3v) is 11.7. The number of rotatable bonds is 7. The van der Waals surface area contributed by atoms with Crippen LogP contribution in [0.25, 0.3) is 87.4 Å². The first kappa shape index (κ1) is 33.0. The molecule has 57 heavy (non-hydrogen) atoms. The molecule has 3 aromatic heterocycles. The van der Waals surface area contributed by atoms with E-state index in [0.717, 1.165) is 66.8 Å². The van der Waals surface area contributed by atoms with E-state index in [9.17, 15) is 0 Å². The van der Waals surface area contributed by atoms with Gasteiger partial charge in [0.25, 0.3) is 0 Å². The monoisotopic (exact) mass is 748 g/mol. The van der Waals surface area contributed by atoms with E-state index in [1.807, 2.05) is 84.1 Å². The topological polar surface area (TPSA) is 55.1 Å². The van der Waals surface area contributed by atoms with Gasteiger partial charge in [-0.2, -0.15) is 0 Å². The van der Waals surface area contributed by atoms with Crippen LogP contribution in [0.4, 0.5) is 17.1 Å². The van der Waals surface area contributed by atoms with Gasteiger partial charge in [0.2, 0.25) is 0 Å². The summed E-state index contributed by atoms with van der Waals surface area (Å²) in [6.45, 7) is 0. The number of hydrogen-bond donors (Lipinski definition) is 0. The second kappa shape index (κ2) is 13.7. The van der Waals surface area contributed by atoms with E-state index < -0.39 is 0 Å². The zero-order chi connectivity index (χ0) is 37.7. The molecule has 0 unspecified atom stereocenters. The van der Waals surface area contributed by atoms with Gasteiger partial charge in [0.15, 0.2) is 17.5 Å². The highest BCUT2D eigenvalue weighted by Gasteiger charge is 2.18. The van der Waals surface area contributed by atoms with E-state index in [1.165, 1.54) is 20.2 Å². The lowest BCUT2D eigenvalue weighted by atomic mass is 9.98. The minimum absolute atomic E-state index is 0.593. The Labute approximate surface area is 332 Å². The molecule has 0 saturated heterocycles. The molecule has 0 N–H and O–H groups in total. The molecule has 0 aliphatic heterocycles. The van der Waals surface area contributed by atoms with Crippen LogP contribution in [0.3, 0.4) is 0 Å². The summed E-state index contributed by atoms with van der Waals surface area (Å²) in [5.41, 5.74) is 9.87. The van der Waals surface area contributed by atoms with Gasteiger partial charge in [0.05, 0.1) is 0 Å². The number of thiophene rings is 1. The fourth-order valence-corrected chi connectivity index (χ4v) is 8.95. The Hall–Kier alpha value is -7.41. The molecule has 0 spiro atoms. The summed E-state index contributed by atoms with van der Waals surface area (Å²) < 4.78 is 9.14. The number of benzene rings is 8. The van der Waals surface area contributed by atoms with Crippen molar-refractivity contribution in [3.63, 3.8) is 0 Å². The number of fused-ring (bicyclic) bond motifs is 6. The maximum Gasteiger partial charge on any atom is 0.164 e. The highest BCUT2D eigenvalue weighted by atomic mass is 32.1. The lowest BCUT2D eigenvalue weighted by Crippen LogP contribution is -2.09. The molecule has 11 aromatic rings. The minimum atomic E-state index is 0.593. The highest BCUT2D eigenvalue weighted by Crippen LogP contribution is 2.42. The summed E-state index contributed by atoms with van der Waals surface area (Å²) in [5, 5.41) is 4.71. The molecule has 0 radical (unpaired) electrons. The van der Waals surface area contributed by atoms with Crippen LogP contribution in [0.1, 0.15) is 0 Å². The van der Waals surface area contributed by atoms with E-state index in [1.54, 1.807) is 0 Å². The molecule has 0 atom stereocenters. The predicted octanol–water partition coefficient (Wildman–Crippen LogP) is 14.3. The first-order valence-electron chi connectivity index (χ1n) is 18.9. The zero-order valence-corrected chi connectivity index (χ0v) is 31.4. The number of nitrogens with zero attached hydrogens (tertiary/aromatic N) is 4. The predicted molar refractivity (Wildman–Crippen MR) is 236 cm³/mol.